The van der Waals surface area contributed by atoms with Crippen molar-refractivity contribution in [2.75, 3.05) is 6.54 Å². The average Bonchev–Trinajstić information content (AvgIpc) is 2.87. The third kappa shape index (κ3) is 2.26. The lowest BCUT2D eigenvalue weighted by Gasteiger charge is -2.09. The smallest absolute Gasteiger partial charge is 0.157 e. The summed E-state index contributed by atoms with van der Waals surface area (Å²) in [6.07, 6.45) is 6.22. The van der Waals surface area contributed by atoms with Gasteiger partial charge >= 0.3 is 0 Å². The van der Waals surface area contributed by atoms with E-state index in [0.29, 0.717) is 6.42 Å². The van der Waals surface area contributed by atoms with Gasteiger partial charge in [-0.3, -0.25) is 4.79 Å². The molecule has 1 unspecified atom stereocenters. The zero-order valence-corrected chi connectivity index (χ0v) is 9.07. The second kappa shape index (κ2) is 4.57. The van der Waals surface area contributed by atoms with Gasteiger partial charge in [0.2, 0.25) is 0 Å². The van der Waals surface area contributed by atoms with Gasteiger partial charge in [0.1, 0.15) is 5.82 Å². The number of nitrogens with zero attached hydrogens (tertiary/aromatic N) is 2. The maximum atomic E-state index is 11.9. The molecular formula is C11H17N3O. The standard InChI is InChI=1S/C11H17N3O/c1-2-14-7-6-13-11(14)8-10(15)9-4-3-5-12-9/h6-7,9,12H,2-5,8H2,1H3. The van der Waals surface area contributed by atoms with Gasteiger partial charge < -0.3 is 9.88 Å². The van der Waals surface area contributed by atoms with E-state index in [0.717, 1.165) is 31.8 Å². The molecule has 82 valence electrons. The molecule has 4 nitrogen and oxygen atoms in total. The van der Waals surface area contributed by atoms with E-state index in [1.165, 1.54) is 0 Å². The van der Waals surface area contributed by atoms with E-state index < -0.39 is 0 Å². The molecule has 1 fully saturated rings. The summed E-state index contributed by atoms with van der Waals surface area (Å²) in [4.78, 5) is 16.1. The molecule has 0 saturated carbocycles. The largest absolute Gasteiger partial charge is 0.335 e. The Morgan fingerprint density at radius 2 is 2.60 bits per heavy atom. The molecule has 2 heterocycles. The number of carbonyl (C=O) groups excluding carboxylic acids is 1. The summed E-state index contributed by atoms with van der Waals surface area (Å²) in [5.74, 6) is 1.16. The molecule has 1 aromatic rings. The van der Waals surface area contributed by atoms with Crippen molar-refractivity contribution in [3.8, 4) is 0 Å². The molecule has 1 aliphatic rings. The molecule has 0 radical (unpaired) electrons. The summed E-state index contributed by atoms with van der Waals surface area (Å²) in [5, 5.41) is 3.22. The van der Waals surface area contributed by atoms with Gasteiger partial charge in [0.15, 0.2) is 5.78 Å². The second-order valence-electron chi connectivity index (χ2n) is 3.92. The fraction of sp³-hybridized carbons (Fsp3) is 0.636. The van der Waals surface area contributed by atoms with Crippen LogP contribution in [0.3, 0.4) is 0 Å². The summed E-state index contributed by atoms with van der Waals surface area (Å²) < 4.78 is 2.02. The normalized spacial score (nSPS) is 20.7. The lowest BCUT2D eigenvalue weighted by atomic mass is 10.1. The van der Waals surface area contributed by atoms with Crippen LogP contribution in [0.4, 0.5) is 0 Å². The van der Waals surface area contributed by atoms with Crippen LogP contribution in [0.25, 0.3) is 0 Å². The number of Topliss-reactive ketones (excluding diaryl/α,β-unsaturated/α-hetero) is 1. The van der Waals surface area contributed by atoms with Gasteiger partial charge in [0.25, 0.3) is 0 Å². The molecule has 0 aromatic carbocycles. The van der Waals surface area contributed by atoms with E-state index in [9.17, 15) is 4.79 Å². The molecule has 15 heavy (non-hydrogen) atoms. The van der Waals surface area contributed by atoms with Gasteiger partial charge in [-0.05, 0) is 26.3 Å². The van der Waals surface area contributed by atoms with Crippen LogP contribution in [0, 0.1) is 0 Å². The van der Waals surface area contributed by atoms with Crippen LogP contribution in [0.1, 0.15) is 25.6 Å². The Morgan fingerprint density at radius 3 is 3.27 bits per heavy atom. The number of nitrogens with one attached hydrogen (secondary N) is 1. The maximum absolute atomic E-state index is 11.9. The number of ketones is 1. The Labute approximate surface area is 89.7 Å². The average molecular weight is 207 g/mol. The molecule has 1 aromatic heterocycles. The van der Waals surface area contributed by atoms with Crippen molar-refractivity contribution in [2.24, 2.45) is 0 Å². The van der Waals surface area contributed by atoms with Crippen molar-refractivity contribution < 1.29 is 4.79 Å². The van der Waals surface area contributed by atoms with Crippen LogP contribution >= 0.6 is 0 Å². The van der Waals surface area contributed by atoms with E-state index in [4.69, 9.17) is 0 Å². The Hall–Kier alpha value is -1.16. The number of aromatic nitrogens is 2. The van der Waals surface area contributed by atoms with Gasteiger partial charge in [-0.15, -0.1) is 0 Å². The van der Waals surface area contributed by atoms with Crippen molar-refractivity contribution in [3.05, 3.63) is 18.2 Å². The third-order valence-corrected chi connectivity index (χ3v) is 2.92. The van der Waals surface area contributed by atoms with Crippen LogP contribution in [0.5, 0.6) is 0 Å². The third-order valence-electron chi connectivity index (χ3n) is 2.92. The first kappa shape index (κ1) is 10.4. The molecule has 0 spiro atoms. The van der Waals surface area contributed by atoms with E-state index in [1.807, 2.05) is 10.8 Å². The van der Waals surface area contributed by atoms with Crippen LogP contribution in [0.15, 0.2) is 12.4 Å². The van der Waals surface area contributed by atoms with E-state index in [1.54, 1.807) is 6.20 Å². The molecule has 1 atom stereocenters. The first-order valence-corrected chi connectivity index (χ1v) is 5.57. The van der Waals surface area contributed by atoms with E-state index in [-0.39, 0.29) is 11.8 Å². The van der Waals surface area contributed by atoms with Crippen molar-refractivity contribution >= 4 is 5.78 Å². The van der Waals surface area contributed by atoms with Crippen molar-refractivity contribution in [1.29, 1.82) is 0 Å². The lowest BCUT2D eigenvalue weighted by Crippen LogP contribution is -2.32. The number of rotatable bonds is 4. The highest BCUT2D eigenvalue weighted by Crippen LogP contribution is 2.09. The minimum absolute atomic E-state index is 0.0620. The fourth-order valence-electron chi connectivity index (χ4n) is 2.03. The van der Waals surface area contributed by atoms with Crippen LogP contribution < -0.4 is 5.32 Å². The highest BCUT2D eigenvalue weighted by Gasteiger charge is 2.22. The predicted octanol–water partition coefficient (Wildman–Crippen LogP) is 0.767. The highest BCUT2D eigenvalue weighted by atomic mass is 16.1. The van der Waals surface area contributed by atoms with Crippen LogP contribution in [0.2, 0.25) is 0 Å². The van der Waals surface area contributed by atoms with Crippen LogP contribution in [-0.4, -0.2) is 27.9 Å². The Morgan fingerprint density at radius 1 is 1.73 bits per heavy atom. The Kier molecular flexibility index (Phi) is 3.16. The zero-order chi connectivity index (χ0) is 10.7. The fourth-order valence-corrected chi connectivity index (χ4v) is 2.03. The van der Waals surface area contributed by atoms with E-state index >= 15 is 0 Å². The van der Waals surface area contributed by atoms with Crippen molar-refractivity contribution in [3.63, 3.8) is 0 Å². The molecular weight excluding hydrogens is 190 g/mol. The SMILES string of the molecule is CCn1ccnc1CC(=O)C1CCCN1. The second-order valence-corrected chi connectivity index (χ2v) is 3.92. The summed E-state index contributed by atoms with van der Waals surface area (Å²) in [7, 11) is 0. The van der Waals surface area contributed by atoms with Gasteiger partial charge in [-0.1, -0.05) is 0 Å². The maximum Gasteiger partial charge on any atom is 0.157 e. The molecule has 2 rings (SSSR count). The van der Waals surface area contributed by atoms with E-state index in [2.05, 4.69) is 17.2 Å². The summed E-state index contributed by atoms with van der Waals surface area (Å²) >= 11 is 0. The quantitative estimate of drug-likeness (QED) is 0.793. The predicted molar refractivity (Wildman–Crippen MR) is 57.6 cm³/mol. The number of aryl methyl sites for hydroxylation is 1. The molecule has 1 aliphatic heterocycles. The van der Waals surface area contributed by atoms with Gasteiger partial charge in [0, 0.05) is 18.9 Å². The van der Waals surface area contributed by atoms with Crippen molar-refractivity contribution in [2.45, 2.75) is 38.8 Å². The molecule has 0 aliphatic carbocycles. The summed E-state index contributed by atoms with van der Waals surface area (Å²) in [6, 6.07) is 0.0620. The minimum Gasteiger partial charge on any atom is -0.335 e. The van der Waals surface area contributed by atoms with Gasteiger partial charge in [-0.25, -0.2) is 4.98 Å². The van der Waals surface area contributed by atoms with Gasteiger partial charge in [0.05, 0.1) is 12.5 Å². The number of hydrogen-bond acceptors (Lipinski definition) is 3. The monoisotopic (exact) mass is 207 g/mol. The first-order valence-electron chi connectivity index (χ1n) is 5.57. The Bertz CT molecular complexity index is 339. The van der Waals surface area contributed by atoms with Gasteiger partial charge in [-0.2, -0.15) is 0 Å². The number of hydrogen-bond donors (Lipinski definition) is 1. The van der Waals surface area contributed by atoms with Crippen molar-refractivity contribution in [1.82, 2.24) is 14.9 Å². The number of imidazole rings is 1. The minimum atomic E-state index is 0.0620. The highest BCUT2D eigenvalue weighted by molar-refractivity contribution is 5.85. The summed E-state index contributed by atoms with van der Waals surface area (Å²) in [6.45, 7) is 3.91. The lowest BCUT2D eigenvalue weighted by molar-refractivity contribution is -0.120. The zero-order valence-electron chi connectivity index (χ0n) is 9.07. The Balaban J connectivity index is 1.98. The van der Waals surface area contributed by atoms with Crippen LogP contribution in [-0.2, 0) is 17.8 Å². The molecule has 1 N–H and O–H groups in total. The summed E-state index contributed by atoms with van der Waals surface area (Å²) in [5.41, 5.74) is 0. The topological polar surface area (TPSA) is 46.9 Å². The molecule has 0 bridgehead atoms. The molecule has 1 saturated heterocycles. The molecule has 0 amide bonds. The molecule has 4 heteroatoms. The number of carbonyl (C=O) groups is 1. The first-order chi connectivity index (χ1) is 7.31.